The van der Waals surface area contributed by atoms with E-state index < -0.39 is 23.8 Å². The number of piperidine rings is 1. The lowest BCUT2D eigenvalue weighted by Gasteiger charge is -2.32. The third kappa shape index (κ3) is 2.76. The Balaban J connectivity index is 1.50. The lowest BCUT2D eigenvalue weighted by molar-refractivity contribution is -0.136. The van der Waals surface area contributed by atoms with E-state index in [-0.39, 0.29) is 35.9 Å². The number of hydrogen-bond acceptors (Lipinski definition) is 6. The number of imide groups is 2. The van der Waals surface area contributed by atoms with Crippen LogP contribution in [0.1, 0.15) is 46.4 Å². The van der Waals surface area contributed by atoms with Gasteiger partial charge in [-0.05, 0) is 43.4 Å². The van der Waals surface area contributed by atoms with Crippen molar-refractivity contribution in [1.29, 1.82) is 0 Å². The molecule has 0 radical (unpaired) electrons. The molecule has 1 saturated heterocycles. The van der Waals surface area contributed by atoms with Gasteiger partial charge < -0.3 is 11.1 Å². The minimum Gasteiger partial charge on any atom is -0.385 e. The number of nitrogens with zero attached hydrogens (tertiary/aromatic N) is 1. The number of amides is 4. The first-order valence-electron chi connectivity index (χ1n) is 8.79. The van der Waals surface area contributed by atoms with Crippen LogP contribution in [0.5, 0.6) is 0 Å². The molecule has 4 rings (SSSR count). The number of benzene rings is 1. The number of carbonyl (C=O) groups is 4. The van der Waals surface area contributed by atoms with Crippen LogP contribution in [-0.4, -0.2) is 47.2 Å². The fourth-order valence-corrected chi connectivity index (χ4v) is 3.80. The summed E-state index contributed by atoms with van der Waals surface area (Å²) < 4.78 is 0. The normalized spacial score (nSPS) is 27.9. The Morgan fingerprint density at radius 2 is 1.85 bits per heavy atom. The van der Waals surface area contributed by atoms with E-state index in [1.807, 2.05) is 0 Å². The zero-order valence-electron chi connectivity index (χ0n) is 14.2. The van der Waals surface area contributed by atoms with Gasteiger partial charge in [-0.1, -0.05) is 0 Å². The van der Waals surface area contributed by atoms with Crippen molar-refractivity contribution < 1.29 is 19.2 Å². The topological polar surface area (TPSA) is 122 Å². The van der Waals surface area contributed by atoms with Crippen LogP contribution >= 0.6 is 0 Å². The molecule has 1 aliphatic carbocycles. The maximum absolute atomic E-state index is 12.7. The molecule has 1 atom stereocenters. The van der Waals surface area contributed by atoms with Gasteiger partial charge in [-0.3, -0.25) is 29.4 Å². The van der Waals surface area contributed by atoms with Gasteiger partial charge >= 0.3 is 0 Å². The fraction of sp³-hybridized carbons (Fsp3) is 0.444. The molecular weight excluding hydrogens is 336 g/mol. The van der Waals surface area contributed by atoms with E-state index in [9.17, 15) is 19.2 Å². The predicted molar refractivity (Wildman–Crippen MR) is 92.3 cm³/mol. The summed E-state index contributed by atoms with van der Waals surface area (Å²) in [4.78, 5) is 49.7. The Morgan fingerprint density at radius 3 is 2.54 bits per heavy atom. The van der Waals surface area contributed by atoms with Gasteiger partial charge in [-0.25, -0.2) is 0 Å². The van der Waals surface area contributed by atoms with E-state index in [1.54, 1.807) is 18.2 Å². The lowest BCUT2D eigenvalue weighted by Crippen LogP contribution is -2.54. The van der Waals surface area contributed by atoms with E-state index in [0.717, 1.165) is 30.0 Å². The Labute approximate surface area is 150 Å². The van der Waals surface area contributed by atoms with Crippen LogP contribution in [-0.2, 0) is 9.59 Å². The minimum atomic E-state index is -0.937. The molecule has 0 aromatic heterocycles. The molecule has 4 N–H and O–H groups in total. The van der Waals surface area contributed by atoms with Gasteiger partial charge in [0, 0.05) is 24.7 Å². The predicted octanol–water partition coefficient (Wildman–Crippen LogP) is 0.237. The Hall–Kier alpha value is -2.74. The first-order valence-corrected chi connectivity index (χ1v) is 8.79. The number of nitrogens with one attached hydrogen (secondary N) is 2. The SMILES string of the molecule is NC1CC(CNc2ccc3c(c2)C(=O)N(C2CCC(=O)NC2=O)C3=O)C1. The van der Waals surface area contributed by atoms with Gasteiger partial charge in [0.15, 0.2) is 0 Å². The molecule has 2 heterocycles. The summed E-state index contributed by atoms with van der Waals surface area (Å²) in [6.07, 6.45) is 2.24. The molecule has 8 nitrogen and oxygen atoms in total. The molecule has 1 saturated carbocycles. The van der Waals surface area contributed by atoms with Crippen molar-refractivity contribution in [3.63, 3.8) is 0 Å². The van der Waals surface area contributed by atoms with Crippen molar-refractivity contribution in [3.05, 3.63) is 29.3 Å². The molecule has 4 amide bonds. The second-order valence-electron chi connectivity index (χ2n) is 7.19. The van der Waals surface area contributed by atoms with Crippen LogP contribution in [0, 0.1) is 5.92 Å². The second kappa shape index (κ2) is 6.21. The molecule has 8 heteroatoms. The average Bonchev–Trinajstić information content (AvgIpc) is 2.82. The largest absolute Gasteiger partial charge is 0.385 e. The molecule has 26 heavy (non-hydrogen) atoms. The molecule has 2 fully saturated rings. The van der Waals surface area contributed by atoms with Crippen LogP contribution < -0.4 is 16.4 Å². The van der Waals surface area contributed by atoms with E-state index in [1.165, 1.54) is 0 Å². The van der Waals surface area contributed by atoms with E-state index >= 15 is 0 Å². The Morgan fingerprint density at radius 1 is 1.12 bits per heavy atom. The summed E-state index contributed by atoms with van der Waals surface area (Å²) in [5.74, 6) is -1.44. The molecular formula is C18H20N4O4. The molecule has 1 unspecified atom stereocenters. The number of anilines is 1. The average molecular weight is 356 g/mol. The highest BCUT2D eigenvalue weighted by Crippen LogP contribution is 2.30. The van der Waals surface area contributed by atoms with Crippen molar-refractivity contribution in [1.82, 2.24) is 10.2 Å². The lowest BCUT2D eigenvalue weighted by atomic mass is 9.81. The first kappa shape index (κ1) is 16.7. The Bertz CT molecular complexity index is 815. The van der Waals surface area contributed by atoms with Gasteiger partial charge in [-0.2, -0.15) is 0 Å². The maximum atomic E-state index is 12.7. The van der Waals surface area contributed by atoms with Gasteiger partial charge in [-0.15, -0.1) is 0 Å². The highest BCUT2D eigenvalue weighted by atomic mass is 16.2. The summed E-state index contributed by atoms with van der Waals surface area (Å²) >= 11 is 0. The summed E-state index contributed by atoms with van der Waals surface area (Å²) in [5, 5.41) is 5.47. The highest BCUT2D eigenvalue weighted by Gasteiger charge is 2.44. The number of hydrogen-bond donors (Lipinski definition) is 3. The van der Waals surface area contributed by atoms with E-state index in [4.69, 9.17) is 5.73 Å². The number of nitrogens with two attached hydrogens (primary N) is 1. The van der Waals surface area contributed by atoms with Gasteiger partial charge in [0.1, 0.15) is 6.04 Å². The molecule has 1 aromatic carbocycles. The highest BCUT2D eigenvalue weighted by molar-refractivity contribution is 6.23. The zero-order valence-corrected chi connectivity index (χ0v) is 14.2. The molecule has 1 aromatic rings. The van der Waals surface area contributed by atoms with Gasteiger partial charge in [0.2, 0.25) is 11.8 Å². The summed E-state index contributed by atoms with van der Waals surface area (Å²) in [5.41, 5.74) is 7.12. The fourth-order valence-electron chi connectivity index (χ4n) is 3.80. The van der Waals surface area contributed by atoms with Crippen LogP contribution in [0.3, 0.4) is 0 Å². The zero-order chi connectivity index (χ0) is 18.4. The van der Waals surface area contributed by atoms with Crippen LogP contribution in [0.15, 0.2) is 18.2 Å². The Kier molecular flexibility index (Phi) is 3.99. The van der Waals surface area contributed by atoms with E-state index in [2.05, 4.69) is 10.6 Å². The number of carbonyl (C=O) groups excluding carboxylic acids is 4. The third-order valence-corrected chi connectivity index (χ3v) is 5.31. The van der Waals surface area contributed by atoms with Gasteiger partial charge in [0.25, 0.3) is 11.8 Å². The third-order valence-electron chi connectivity index (χ3n) is 5.31. The van der Waals surface area contributed by atoms with Gasteiger partial charge in [0.05, 0.1) is 11.1 Å². The quantitative estimate of drug-likeness (QED) is 0.664. The first-order chi connectivity index (χ1) is 12.4. The van der Waals surface area contributed by atoms with Crippen LogP contribution in [0.25, 0.3) is 0 Å². The van der Waals surface area contributed by atoms with Crippen molar-refractivity contribution in [2.75, 3.05) is 11.9 Å². The second-order valence-corrected chi connectivity index (χ2v) is 7.19. The monoisotopic (exact) mass is 356 g/mol. The summed E-state index contributed by atoms with van der Waals surface area (Å²) in [7, 11) is 0. The molecule has 136 valence electrons. The number of fused-ring (bicyclic) bond motifs is 1. The standard InChI is InChI=1S/C18H20N4O4/c19-10-5-9(6-10)8-20-11-1-2-12-13(7-11)18(26)22(17(12)25)14-3-4-15(23)21-16(14)24/h1-2,7,9-10,14,20H,3-6,8,19H2,(H,21,23,24). The molecule has 2 aliphatic heterocycles. The summed E-state index contributed by atoms with van der Waals surface area (Å²) in [6, 6.07) is 4.36. The van der Waals surface area contributed by atoms with E-state index in [0.29, 0.717) is 5.92 Å². The molecule has 3 aliphatic rings. The maximum Gasteiger partial charge on any atom is 0.262 e. The van der Waals surface area contributed by atoms with Crippen molar-refractivity contribution >= 4 is 29.3 Å². The smallest absolute Gasteiger partial charge is 0.262 e. The van der Waals surface area contributed by atoms with Crippen molar-refractivity contribution in [3.8, 4) is 0 Å². The number of rotatable bonds is 4. The van der Waals surface area contributed by atoms with Crippen LogP contribution in [0.2, 0.25) is 0 Å². The van der Waals surface area contributed by atoms with Crippen LogP contribution in [0.4, 0.5) is 5.69 Å². The molecule has 0 spiro atoms. The summed E-state index contributed by atoms with van der Waals surface area (Å²) in [6.45, 7) is 0.769. The van der Waals surface area contributed by atoms with Crippen molar-refractivity contribution in [2.45, 2.75) is 37.8 Å². The molecule has 0 bridgehead atoms. The minimum absolute atomic E-state index is 0.111. The van der Waals surface area contributed by atoms with Crippen molar-refractivity contribution in [2.24, 2.45) is 11.7 Å².